The number of rotatable bonds is 2. The van der Waals surface area contributed by atoms with Crippen molar-refractivity contribution in [1.29, 1.82) is 0 Å². The van der Waals surface area contributed by atoms with E-state index in [4.69, 9.17) is 0 Å². The maximum absolute atomic E-state index is 13.9. The molecule has 0 amide bonds. The van der Waals surface area contributed by atoms with Crippen molar-refractivity contribution in [2.75, 3.05) is 0 Å². The number of nitro benzene ring substituents is 1. The van der Waals surface area contributed by atoms with Gasteiger partial charge in [-0.1, -0.05) is 0 Å². The standard InChI is InChI=1S/C14H11F2N3O3/c15-9-5-10(16)13(19(21)22)6-12(9)18-7-17-11-4-2-1-3-8(11)14(18)20/h5-7H,1-4H2. The molecule has 8 heteroatoms. The van der Waals surface area contributed by atoms with Crippen molar-refractivity contribution in [2.24, 2.45) is 0 Å². The zero-order chi connectivity index (χ0) is 15.9. The Morgan fingerprint density at radius 3 is 2.64 bits per heavy atom. The van der Waals surface area contributed by atoms with Gasteiger partial charge >= 0.3 is 5.69 Å². The maximum atomic E-state index is 13.9. The molecular weight excluding hydrogens is 296 g/mol. The van der Waals surface area contributed by atoms with Gasteiger partial charge in [0.1, 0.15) is 6.33 Å². The Labute approximate surface area is 123 Å². The van der Waals surface area contributed by atoms with Crippen LogP contribution in [0.25, 0.3) is 5.69 Å². The number of hydrogen-bond acceptors (Lipinski definition) is 4. The van der Waals surface area contributed by atoms with Crippen molar-refractivity contribution >= 4 is 5.69 Å². The van der Waals surface area contributed by atoms with Crippen LogP contribution in [-0.2, 0) is 12.8 Å². The van der Waals surface area contributed by atoms with Gasteiger partial charge in [-0.25, -0.2) is 9.37 Å². The van der Waals surface area contributed by atoms with Crippen molar-refractivity contribution in [3.63, 3.8) is 0 Å². The predicted octanol–water partition coefficient (Wildman–Crippen LogP) is 2.30. The zero-order valence-electron chi connectivity index (χ0n) is 11.4. The van der Waals surface area contributed by atoms with E-state index in [1.54, 1.807) is 0 Å². The van der Waals surface area contributed by atoms with Crippen LogP contribution in [-0.4, -0.2) is 14.5 Å². The number of hydrogen-bond donors (Lipinski definition) is 0. The summed E-state index contributed by atoms with van der Waals surface area (Å²) in [5, 5.41) is 10.8. The van der Waals surface area contributed by atoms with Crippen LogP contribution in [0.3, 0.4) is 0 Å². The van der Waals surface area contributed by atoms with E-state index in [9.17, 15) is 23.7 Å². The summed E-state index contributed by atoms with van der Waals surface area (Å²) in [6.07, 6.45) is 4.11. The maximum Gasteiger partial charge on any atom is 0.307 e. The molecule has 0 fully saturated rings. The number of aromatic nitrogens is 2. The Bertz CT molecular complexity index is 833. The fourth-order valence-corrected chi connectivity index (χ4v) is 2.61. The van der Waals surface area contributed by atoms with E-state index >= 15 is 0 Å². The van der Waals surface area contributed by atoms with E-state index in [0.717, 1.165) is 23.7 Å². The highest BCUT2D eigenvalue weighted by Gasteiger charge is 2.22. The molecule has 22 heavy (non-hydrogen) atoms. The number of fused-ring (bicyclic) bond motifs is 1. The topological polar surface area (TPSA) is 78.0 Å². The SMILES string of the molecule is O=c1c2c(ncn1-c1cc([N+](=O)[O-])c(F)cc1F)CCCC2. The summed E-state index contributed by atoms with van der Waals surface area (Å²) in [4.78, 5) is 26.4. The van der Waals surface area contributed by atoms with E-state index in [1.807, 2.05) is 0 Å². The lowest BCUT2D eigenvalue weighted by atomic mass is 9.97. The van der Waals surface area contributed by atoms with Gasteiger partial charge in [0.2, 0.25) is 5.82 Å². The molecule has 0 saturated heterocycles. The van der Waals surface area contributed by atoms with E-state index in [1.165, 1.54) is 0 Å². The minimum absolute atomic E-state index is 0.376. The average molecular weight is 307 g/mol. The van der Waals surface area contributed by atoms with Gasteiger partial charge in [-0.15, -0.1) is 0 Å². The summed E-state index contributed by atoms with van der Waals surface area (Å²) >= 11 is 0. The van der Waals surface area contributed by atoms with Crippen LogP contribution in [0.2, 0.25) is 0 Å². The van der Waals surface area contributed by atoms with Gasteiger partial charge in [0.05, 0.1) is 16.3 Å². The molecule has 1 aromatic heterocycles. The minimum Gasteiger partial charge on any atom is -0.269 e. The fourth-order valence-electron chi connectivity index (χ4n) is 2.61. The first-order chi connectivity index (χ1) is 10.5. The average Bonchev–Trinajstić information content (AvgIpc) is 2.48. The molecule has 6 nitrogen and oxygen atoms in total. The Balaban J connectivity index is 2.22. The molecule has 1 aliphatic rings. The second-order valence-corrected chi connectivity index (χ2v) is 5.06. The van der Waals surface area contributed by atoms with Gasteiger partial charge in [-0.05, 0) is 25.7 Å². The van der Waals surface area contributed by atoms with Crippen molar-refractivity contribution in [3.05, 3.63) is 61.8 Å². The van der Waals surface area contributed by atoms with Gasteiger partial charge in [0.25, 0.3) is 5.56 Å². The zero-order valence-corrected chi connectivity index (χ0v) is 11.4. The fraction of sp³-hybridized carbons (Fsp3) is 0.286. The Hall–Kier alpha value is -2.64. The molecule has 0 bridgehead atoms. The summed E-state index contributed by atoms with van der Waals surface area (Å²) in [6.45, 7) is 0. The van der Waals surface area contributed by atoms with Crippen LogP contribution < -0.4 is 5.56 Å². The van der Waals surface area contributed by atoms with E-state index in [-0.39, 0.29) is 5.69 Å². The lowest BCUT2D eigenvalue weighted by molar-refractivity contribution is -0.387. The van der Waals surface area contributed by atoms with Crippen LogP contribution in [0.4, 0.5) is 14.5 Å². The molecule has 0 saturated carbocycles. The van der Waals surface area contributed by atoms with Gasteiger partial charge < -0.3 is 0 Å². The highest BCUT2D eigenvalue weighted by atomic mass is 19.1. The number of halogens is 2. The van der Waals surface area contributed by atoms with Crippen LogP contribution in [0, 0.1) is 21.7 Å². The first kappa shape index (κ1) is 14.3. The monoisotopic (exact) mass is 307 g/mol. The molecule has 0 spiro atoms. The van der Waals surface area contributed by atoms with Crippen molar-refractivity contribution < 1.29 is 13.7 Å². The normalized spacial score (nSPS) is 13.7. The molecule has 0 radical (unpaired) electrons. The van der Waals surface area contributed by atoms with E-state index in [0.29, 0.717) is 36.2 Å². The predicted molar refractivity (Wildman–Crippen MR) is 73.0 cm³/mol. The quantitative estimate of drug-likeness (QED) is 0.630. The molecule has 1 heterocycles. The molecule has 0 aliphatic heterocycles. The van der Waals surface area contributed by atoms with Crippen molar-refractivity contribution in [1.82, 2.24) is 9.55 Å². The third-order valence-corrected chi connectivity index (χ3v) is 3.72. The van der Waals surface area contributed by atoms with Gasteiger partial charge in [0.15, 0.2) is 5.82 Å². The molecule has 0 atom stereocenters. The first-order valence-corrected chi connectivity index (χ1v) is 6.72. The van der Waals surface area contributed by atoms with Crippen LogP contribution >= 0.6 is 0 Å². The Morgan fingerprint density at radius 1 is 1.18 bits per heavy atom. The van der Waals surface area contributed by atoms with Crippen molar-refractivity contribution in [2.45, 2.75) is 25.7 Å². The Morgan fingerprint density at radius 2 is 1.91 bits per heavy atom. The molecule has 1 aromatic carbocycles. The van der Waals surface area contributed by atoms with Crippen molar-refractivity contribution in [3.8, 4) is 5.69 Å². The summed E-state index contributed by atoms with van der Waals surface area (Å²) in [5.41, 5.74) is -0.575. The lowest BCUT2D eigenvalue weighted by Crippen LogP contribution is -2.27. The molecule has 1 aliphatic carbocycles. The van der Waals surface area contributed by atoms with Crippen LogP contribution in [0.1, 0.15) is 24.1 Å². The molecular formula is C14H11F2N3O3. The second kappa shape index (κ2) is 5.28. The molecule has 0 N–H and O–H groups in total. The van der Waals surface area contributed by atoms with E-state index < -0.39 is 27.8 Å². The molecule has 3 rings (SSSR count). The summed E-state index contributed by atoms with van der Waals surface area (Å²) in [5.74, 6) is -2.34. The highest BCUT2D eigenvalue weighted by molar-refractivity contribution is 5.46. The largest absolute Gasteiger partial charge is 0.307 e. The van der Waals surface area contributed by atoms with Crippen LogP contribution in [0.5, 0.6) is 0 Å². The Kier molecular flexibility index (Phi) is 3.44. The third-order valence-electron chi connectivity index (χ3n) is 3.72. The number of nitrogens with zero attached hydrogens (tertiary/aromatic N) is 3. The second-order valence-electron chi connectivity index (χ2n) is 5.06. The van der Waals surface area contributed by atoms with Gasteiger partial charge in [-0.3, -0.25) is 19.5 Å². The lowest BCUT2D eigenvalue weighted by Gasteiger charge is -2.16. The first-order valence-electron chi connectivity index (χ1n) is 6.72. The van der Waals surface area contributed by atoms with Crippen LogP contribution in [0.15, 0.2) is 23.3 Å². The summed E-state index contributed by atoms with van der Waals surface area (Å²) in [7, 11) is 0. The minimum atomic E-state index is -1.29. The smallest absolute Gasteiger partial charge is 0.269 e. The number of aryl methyl sites for hydroxylation is 1. The highest BCUT2D eigenvalue weighted by Crippen LogP contribution is 2.24. The third kappa shape index (κ3) is 2.26. The molecule has 114 valence electrons. The molecule has 0 unspecified atom stereocenters. The van der Waals surface area contributed by atoms with Gasteiger partial charge in [0, 0.05) is 17.7 Å². The molecule has 2 aromatic rings. The van der Waals surface area contributed by atoms with Gasteiger partial charge in [-0.2, -0.15) is 4.39 Å². The summed E-state index contributed by atoms with van der Waals surface area (Å²) in [6, 6.07) is 1.11. The summed E-state index contributed by atoms with van der Waals surface area (Å²) < 4.78 is 28.2. The van der Waals surface area contributed by atoms with E-state index in [2.05, 4.69) is 4.98 Å². The number of nitro groups is 1. The number of benzene rings is 1.